The molecule has 0 spiro atoms. The Labute approximate surface area is 132 Å². The Morgan fingerprint density at radius 3 is 2.55 bits per heavy atom. The number of benzene rings is 1. The number of hydrogen-bond donors (Lipinski definition) is 1. The zero-order valence-electron chi connectivity index (χ0n) is 11.1. The lowest BCUT2D eigenvalue weighted by Crippen LogP contribution is -2.40. The van der Waals surface area contributed by atoms with Crippen molar-refractivity contribution in [1.82, 2.24) is 5.32 Å². The van der Waals surface area contributed by atoms with Crippen molar-refractivity contribution in [1.29, 1.82) is 0 Å². The molecule has 2 fully saturated rings. The van der Waals surface area contributed by atoms with Gasteiger partial charge in [0.05, 0.1) is 5.02 Å². The molecule has 0 unspecified atom stereocenters. The van der Waals surface area contributed by atoms with E-state index in [-0.39, 0.29) is 12.5 Å². The van der Waals surface area contributed by atoms with Gasteiger partial charge in [0.1, 0.15) is 5.75 Å². The van der Waals surface area contributed by atoms with Gasteiger partial charge in [-0.3, -0.25) is 4.79 Å². The van der Waals surface area contributed by atoms with Crippen LogP contribution >= 0.6 is 27.5 Å². The van der Waals surface area contributed by atoms with Gasteiger partial charge in [-0.1, -0.05) is 27.5 Å². The highest BCUT2D eigenvalue weighted by atomic mass is 79.9. The molecule has 2 aliphatic rings. The molecule has 0 atom stereocenters. The highest BCUT2D eigenvalue weighted by Gasteiger charge is 2.42. The van der Waals surface area contributed by atoms with E-state index in [2.05, 4.69) is 21.2 Å². The Hall–Kier alpha value is -0.740. The van der Waals surface area contributed by atoms with Crippen LogP contribution in [0.25, 0.3) is 0 Å². The van der Waals surface area contributed by atoms with Crippen molar-refractivity contribution in [3.8, 4) is 5.75 Å². The Balaban J connectivity index is 1.51. The van der Waals surface area contributed by atoms with Crippen LogP contribution in [0.3, 0.4) is 0 Å². The minimum Gasteiger partial charge on any atom is -0.482 e. The van der Waals surface area contributed by atoms with Crippen LogP contribution in [-0.4, -0.2) is 18.6 Å². The molecule has 3 rings (SSSR count). The van der Waals surface area contributed by atoms with Crippen molar-refractivity contribution < 1.29 is 9.53 Å². The molecule has 20 heavy (non-hydrogen) atoms. The number of carbonyl (C=O) groups is 1. The summed E-state index contributed by atoms with van der Waals surface area (Å²) >= 11 is 9.39. The lowest BCUT2D eigenvalue weighted by atomic mass is 10.1. The van der Waals surface area contributed by atoms with Crippen LogP contribution < -0.4 is 10.1 Å². The predicted octanol–water partition coefficient (Wildman–Crippen LogP) is 3.79. The van der Waals surface area contributed by atoms with Gasteiger partial charge >= 0.3 is 0 Å². The van der Waals surface area contributed by atoms with E-state index in [1.807, 2.05) is 6.07 Å². The average Bonchev–Trinajstić information content (AvgIpc) is 3.28. The molecule has 5 heteroatoms. The van der Waals surface area contributed by atoms with Crippen LogP contribution in [-0.2, 0) is 4.79 Å². The fourth-order valence-electron chi connectivity index (χ4n) is 2.49. The Morgan fingerprint density at radius 2 is 2.00 bits per heavy atom. The smallest absolute Gasteiger partial charge is 0.258 e. The molecule has 1 amide bonds. The number of hydrogen-bond acceptors (Lipinski definition) is 2. The van der Waals surface area contributed by atoms with Crippen LogP contribution in [0.2, 0.25) is 5.02 Å². The van der Waals surface area contributed by atoms with E-state index in [9.17, 15) is 4.79 Å². The largest absolute Gasteiger partial charge is 0.482 e. The zero-order chi connectivity index (χ0) is 14.1. The van der Waals surface area contributed by atoms with Gasteiger partial charge in [-0.2, -0.15) is 0 Å². The summed E-state index contributed by atoms with van der Waals surface area (Å²) in [5.41, 5.74) is 0. The maximum Gasteiger partial charge on any atom is 0.258 e. The minimum atomic E-state index is -0.0483. The molecular weight excluding hydrogens is 342 g/mol. The molecular formula is C15H17BrClNO2. The quantitative estimate of drug-likeness (QED) is 0.840. The van der Waals surface area contributed by atoms with Crippen molar-refractivity contribution in [2.75, 3.05) is 6.61 Å². The Bertz CT molecular complexity index is 503. The number of rotatable bonds is 6. The molecule has 2 saturated carbocycles. The van der Waals surface area contributed by atoms with Gasteiger partial charge in [0.25, 0.3) is 5.91 Å². The first-order valence-electron chi connectivity index (χ1n) is 7.00. The third-order valence-electron chi connectivity index (χ3n) is 3.84. The molecule has 1 aromatic carbocycles. The maximum atomic E-state index is 12.0. The first-order valence-corrected chi connectivity index (χ1v) is 8.18. The fourth-order valence-corrected chi connectivity index (χ4v) is 3.22. The summed E-state index contributed by atoms with van der Waals surface area (Å²) in [4.78, 5) is 12.0. The van der Waals surface area contributed by atoms with Crippen LogP contribution in [0.15, 0.2) is 22.7 Å². The number of carbonyl (C=O) groups excluding carboxylic acids is 1. The van der Waals surface area contributed by atoms with Gasteiger partial charge in [-0.15, -0.1) is 0 Å². The molecule has 0 radical (unpaired) electrons. The molecule has 0 heterocycles. The fraction of sp³-hybridized carbons (Fsp3) is 0.533. The number of nitrogens with one attached hydrogen (secondary N) is 1. The molecule has 108 valence electrons. The van der Waals surface area contributed by atoms with E-state index >= 15 is 0 Å². The van der Waals surface area contributed by atoms with Crippen molar-refractivity contribution in [2.24, 2.45) is 11.8 Å². The van der Waals surface area contributed by atoms with E-state index in [1.54, 1.807) is 12.1 Å². The molecule has 2 aliphatic carbocycles. The van der Waals surface area contributed by atoms with Crippen molar-refractivity contribution in [3.63, 3.8) is 0 Å². The number of ether oxygens (including phenoxy) is 1. The third-order valence-corrected chi connectivity index (χ3v) is 4.63. The Morgan fingerprint density at radius 1 is 1.35 bits per heavy atom. The summed E-state index contributed by atoms with van der Waals surface area (Å²) in [6, 6.07) is 5.73. The first kappa shape index (κ1) is 14.2. The van der Waals surface area contributed by atoms with Crippen molar-refractivity contribution >= 4 is 33.4 Å². The van der Waals surface area contributed by atoms with E-state index in [0.29, 0.717) is 28.6 Å². The molecule has 1 aromatic rings. The highest BCUT2D eigenvalue weighted by Crippen LogP contribution is 2.44. The summed E-state index contributed by atoms with van der Waals surface area (Å²) in [6.07, 6.45) is 5.00. The van der Waals surface area contributed by atoms with E-state index in [4.69, 9.17) is 16.3 Å². The molecule has 0 aromatic heterocycles. The van der Waals surface area contributed by atoms with Gasteiger partial charge in [0.15, 0.2) is 6.61 Å². The number of amides is 1. The monoisotopic (exact) mass is 357 g/mol. The summed E-state index contributed by atoms with van der Waals surface area (Å²) in [7, 11) is 0. The topological polar surface area (TPSA) is 38.3 Å². The van der Waals surface area contributed by atoms with Crippen LogP contribution in [0, 0.1) is 11.8 Å². The Kier molecular flexibility index (Phi) is 4.22. The van der Waals surface area contributed by atoms with Crippen LogP contribution in [0.5, 0.6) is 5.75 Å². The second-order valence-electron chi connectivity index (χ2n) is 5.63. The van der Waals surface area contributed by atoms with Crippen LogP contribution in [0.4, 0.5) is 0 Å². The third kappa shape index (κ3) is 3.67. The van der Waals surface area contributed by atoms with Crippen molar-refractivity contribution in [2.45, 2.75) is 31.7 Å². The zero-order valence-corrected chi connectivity index (χ0v) is 13.4. The second-order valence-corrected chi connectivity index (χ2v) is 6.95. The summed E-state index contributed by atoms with van der Waals surface area (Å²) in [6.45, 7) is 0.0251. The summed E-state index contributed by atoms with van der Waals surface area (Å²) < 4.78 is 6.38. The van der Waals surface area contributed by atoms with E-state index in [0.717, 1.165) is 4.47 Å². The van der Waals surface area contributed by atoms with Gasteiger partial charge in [0, 0.05) is 10.5 Å². The maximum absolute atomic E-state index is 12.0. The summed E-state index contributed by atoms with van der Waals surface area (Å²) in [5.74, 6) is 1.89. The van der Waals surface area contributed by atoms with Gasteiger partial charge in [-0.05, 0) is 55.7 Å². The highest BCUT2D eigenvalue weighted by molar-refractivity contribution is 9.10. The SMILES string of the molecule is O=C(COc1ccc(Br)cc1Cl)NC(C1CC1)C1CC1. The normalized spacial score (nSPS) is 18.1. The first-order chi connectivity index (χ1) is 9.63. The van der Waals surface area contributed by atoms with E-state index in [1.165, 1.54) is 25.7 Å². The predicted molar refractivity (Wildman–Crippen MR) is 82.0 cm³/mol. The molecule has 3 nitrogen and oxygen atoms in total. The standard InChI is InChI=1S/C15H17BrClNO2/c16-11-5-6-13(12(17)7-11)20-8-14(19)18-15(9-1-2-9)10-3-4-10/h5-7,9-10,15H,1-4,8H2,(H,18,19). The molecule has 0 aliphatic heterocycles. The van der Waals surface area contributed by atoms with E-state index < -0.39 is 0 Å². The second kappa shape index (κ2) is 5.94. The lowest BCUT2D eigenvalue weighted by molar-refractivity contribution is -0.124. The number of halogens is 2. The van der Waals surface area contributed by atoms with Gasteiger partial charge < -0.3 is 10.1 Å². The van der Waals surface area contributed by atoms with Crippen LogP contribution in [0.1, 0.15) is 25.7 Å². The van der Waals surface area contributed by atoms with Gasteiger partial charge in [-0.25, -0.2) is 0 Å². The molecule has 0 saturated heterocycles. The average molecular weight is 359 g/mol. The molecule has 1 N–H and O–H groups in total. The molecule has 0 bridgehead atoms. The lowest BCUT2D eigenvalue weighted by Gasteiger charge is -2.18. The minimum absolute atomic E-state index is 0.0251. The summed E-state index contributed by atoms with van der Waals surface area (Å²) in [5, 5.41) is 3.63. The van der Waals surface area contributed by atoms with Gasteiger partial charge in [0.2, 0.25) is 0 Å². The van der Waals surface area contributed by atoms with Crippen molar-refractivity contribution in [3.05, 3.63) is 27.7 Å².